The molecular weight excluding hydrogens is 338 g/mol. The molecule has 0 spiro atoms. The molecule has 130 valence electrons. The van der Waals surface area contributed by atoms with Gasteiger partial charge >= 0.3 is 0 Å². The maximum atomic E-state index is 5.30. The number of rotatable bonds is 6. The molecule has 0 heterocycles. The van der Waals surface area contributed by atoms with E-state index >= 15 is 0 Å². The summed E-state index contributed by atoms with van der Waals surface area (Å²) in [6.07, 6.45) is 1.89. The summed E-state index contributed by atoms with van der Waals surface area (Å²) >= 11 is 5.30. The summed E-state index contributed by atoms with van der Waals surface area (Å²) in [5, 5.41) is 8.02. The predicted molar refractivity (Wildman–Crippen MR) is 112 cm³/mol. The molecule has 0 aromatic heterocycles. The fourth-order valence-electron chi connectivity index (χ4n) is 2.67. The van der Waals surface area contributed by atoms with E-state index < -0.39 is 0 Å². The highest BCUT2D eigenvalue weighted by Crippen LogP contribution is 2.22. The monoisotopic (exact) mass is 359 g/mol. The zero-order chi connectivity index (χ0) is 18.0. The molecule has 3 aromatic carbocycles. The molecule has 0 radical (unpaired) electrons. The third-order valence-electron chi connectivity index (χ3n) is 4.00. The van der Waals surface area contributed by atoms with Gasteiger partial charge in [0.05, 0.1) is 0 Å². The van der Waals surface area contributed by atoms with Gasteiger partial charge in [-0.25, -0.2) is 0 Å². The van der Waals surface area contributed by atoms with Crippen LogP contribution in [0.2, 0.25) is 0 Å². The highest BCUT2D eigenvalue weighted by molar-refractivity contribution is 7.80. The lowest BCUT2D eigenvalue weighted by molar-refractivity contribution is 0.865. The largest absolute Gasteiger partial charge is 0.357 e. The Hall–Kier alpha value is -2.98. The van der Waals surface area contributed by atoms with Crippen LogP contribution in [0.15, 0.2) is 96.1 Å². The van der Waals surface area contributed by atoms with Crippen molar-refractivity contribution in [2.45, 2.75) is 12.5 Å². The van der Waals surface area contributed by atoms with Crippen LogP contribution < -0.4 is 10.7 Å². The molecule has 0 bridgehead atoms. The Morgan fingerprint density at radius 3 is 1.85 bits per heavy atom. The maximum Gasteiger partial charge on any atom is 0.187 e. The normalized spacial score (nSPS) is 10.8. The van der Waals surface area contributed by atoms with Crippen LogP contribution in [0.25, 0.3) is 0 Å². The van der Waals surface area contributed by atoms with Crippen molar-refractivity contribution in [3.63, 3.8) is 0 Å². The van der Waals surface area contributed by atoms with Gasteiger partial charge in [0.15, 0.2) is 5.11 Å². The van der Waals surface area contributed by atoms with Gasteiger partial charge in [-0.1, -0.05) is 91.0 Å². The average molecular weight is 359 g/mol. The average Bonchev–Trinajstić information content (AvgIpc) is 2.72. The van der Waals surface area contributed by atoms with Crippen molar-refractivity contribution in [2.24, 2.45) is 5.10 Å². The minimum absolute atomic E-state index is 0.0711. The van der Waals surface area contributed by atoms with Crippen molar-refractivity contribution in [3.8, 4) is 0 Å². The highest BCUT2D eigenvalue weighted by Gasteiger charge is 2.11. The second-order valence-corrected chi connectivity index (χ2v) is 6.27. The first-order valence-electron chi connectivity index (χ1n) is 8.54. The zero-order valence-electron chi connectivity index (χ0n) is 14.4. The molecule has 0 aliphatic rings. The van der Waals surface area contributed by atoms with Crippen LogP contribution in [0.3, 0.4) is 0 Å². The van der Waals surface area contributed by atoms with Gasteiger partial charge in [-0.05, 0) is 28.9 Å². The number of benzene rings is 3. The highest BCUT2D eigenvalue weighted by atomic mass is 32.1. The quantitative estimate of drug-likeness (QED) is 0.387. The smallest absolute Gasteiger partial charge is 0.187 e. The summed E-state index contributed by atoms with van der Waals surface area (Å²) < 4.78 is 0. The number of thiocarbonyl (C=S) groups is 1. The lowest BCUT2D eigenvalue weighted by Crippen LogP contribution is -2.31. The summed E-state index contributed by atoms with van der Waals surface area (Å²) in [4.78, 5) is 0. The van der Waals surface area contributed by atoms with E-state index in [-0.39, 0.29) is 5.92 Å². The van der Waals surface area contributed by atoms with Crippen LogP contribution in [-0.2, 0) is 6.54 Å². The van der Waals surface area contributed by atoms with Crippen LogP contribution in [0.1, 0.15) is 22.6 Å². The summed E-state index contributed by atoms with van der Waals surface area (Å²) in [6.45, 7) is 0.670. The number of nitrogens with one attached hydrogen (secondary N) is 2. The van der Waals surface area contributed by atoms with Gasteiger partial charge in [0.1, 0.15) is 0 Å². The number of nitrogens with zero attached hydrogens (tertiary/aromatic N) is 1. The molecule has 0 unspecified atom stereocenters. The fourth-order valence-corrected chi connectivity index (χ4v) is 2.80. The fraction of sp³-hybridized carbons (Fsp3) is 0.0909. The zero-order valence-corrected chi connectivity index (χ0v) is 15.2. The minimum Gasteiger partial charge on any atom is -0.357 e. The van der Waals surface area contributed by atoms with E-state index in [4.69, 9.17) is 12.2 Å². The van der Waals surface area contributed by atoms with Crippen molar-refractivity contribution >= 4 is 23.5 Å². The standard InChI is InChI=1S/C22H21N3S/c26-22(23-16-18-10-4-1-5-11-18)25-24-17-21(19-12-6-2-7-13-19)20-14-8-3-9-15-20/h1-15,17,21H,16H2,(H2,23,25,26). The van der Waals surface area contributed by atoms with Crippen molar-refractivity contribution in [2.75, 3.05) is 0 Å². The van der Waals surface area contributed by atoms with E-state index in [1.807, 2.05) is 60.8 Å². The van der Waals surface area contributed by atoms with E-state index in [0.29, 0.717) is 11.7 Å². The minimum atomic E-state index is 0.0711. The molecule has 0 aliphatic heterocycles. The Morgan fingerprint density at radius 2 is 1.31 bits per heavy atom. The van der Waals surface area contributed by atoms with E-state index in [1.165, 1.54) is 16.7 Å². The molecule has 0 aliphatic carbocycles. The Morgan fingerprint density at radius 1 is 0.808 bits per heavy atom. The lowest BCUT2D eigenvalue weighted by Gasteiger charge is -2.13. The van der Waals surface area contributed by atoms with Crippen molar-refractivity contribution in [1.82, 2.24) is 10.7 Å². The molecule has 0 saturated carbocycles. The van der Waals surface area contributed by atoms with E-state index in [1.54, 1.807) is 0 Å². The molecule has 0 atom stereocenters. The van der Waals surface area contributed by atoms with E-state index in [2.05, 4.69) is 52.2 Å². The third kappa shape index (κ3) is 5.26. The molecule has 26 heavy (non-hydrogen) atoms. The van der Waals surface area contributed by atoms with Crippen LogP contribution in [0.5, 0.6) is 0 Å². The van der Waals surface area contributed by atoms with Crippen LogP contribution in [-0.4, -0.2) is 11.3 Å². The van der Waals surface area contributed by atoms with Gasteiger partial charge in [0, 0.05) is 18.7 Å². The molecule has 3 rings (SSSR count). The van der Waals surface area contributed by atoms with E-state index in [0.717, 1.165) is 0 Å². The summed E-state index contributed by atoms with van der Waals surface area (Å²) in [7, 11) is 0. The molecule has 0 amide bonds. The number of hydrogen-bond acceptors (Lipinski definition) is 2. The van der Waals surface area contributed by atoms with Crippen LogP contribution >= 0.6 is 12.2 Å². The Bertz CT molecular complexity index is 794. The summed E-state index contributed by atoms with van der Waals surface area (Å²) in [5.74, 6) is 0.0711. The molecular formula is C22H21N3S. The molecule has 3 nitrogen and oxygen atoms in total. The second kappa shape index (κ2) is 9.49. The Kier molecular flexibility index (Phi) is 6.51. The van der Waals surface area contributed by atoms with Gasteiger partial charge in [-0.2, -0.15) is 5.10 Å². The third-order valence-corrected chi connectivity index (χ3v) is 4.24. The molecule has 0 saturated heterocycles. The second-order valence-electron chi connectivity index (χ2n) is 5.86. The first-order chi connectivity index (χ1) is 12.8. The van der Waals surface area contributed by atoms with Gasteiger partial charge in [0.2, 0.25) is 0 Å². The lowest BCUT2D eigenvalue weighted by atomic mass is 9.92. The number of hydrazone groups is 1. The molecule has 0 fully saturated rings. The predicted octanol–water partition coefficient (Wildman–Crippen LogP) is 4.47. The first kappa shape index (κ1) is 17.8. The van der Waals surface area contributed by atoms with Crippen molar-refractivity contribution < 1.29 is 0 Å². The molecule has 3 aromatic rings. The van der Waals surface area contributed by atoms with Crippen molar-refractivity contribution in [3.05, 3.63) is 108 Å². The number of hydrogen-bond donors (Lipinski definition) is 2. The van der Waals surface area contributed by atoms with Crippen molar-refractivity contribution in [1.29, 1.82) is 0 Å². The molecule has 2 N–H and O–H groups in total. The van der Waals surface area contributed by atoms with E-state index in [9.17, 15) is 0 Å². The maximum absolute atomic E-state index is 5.30. The topological polar surface area (TPSA) is 36.4 Å². The van der Waals surface area contributed by atoms with Gasteiger partial charge in [-0.3, -0.25) is 5.43 Å². The first-order valence-corrected chi connectivity index (χ1v) is 8.94. The summed E-state index contributed by atoms with van der Waals surface area (Å²) in [6, 6.07) is 30.8. The van der Waals surface area contributed by atoms with Crippen LogP contribution in [0.4, 0.5) is 0 Å². The van der Waals surface area contributed by atoms with Gasteiger partial charge < -0.3 is 5.32 Å². The van der Waals surface area contributed by atoms with Crippen LogP contribution in [0, 0.1) is 0 Å². The van der Waals surface area contributed by atoms with Gasteiger partial charge in [0.25, 0.3) is 0 Å². The molecule has 4 heteroatoms. The summed E-state index contributed by atoms with van der Waals surface area (Å²) in [5.41, 5.74) is 6.46. The Labute approximate surface area is 159 Å². The Balaban J connectivity index is 1.62. The van der Waals surface area contributed by atoms with Gasteiger partial charge in [-0.15, -0.1) is 0 Å². The SMILES string of the molecule is S=C(NCc1ccccc1)NN=CC(c1ccccc1)c1ccccc1.